The highest BCUT2D eigenvalue weighted by Gasteiger charge is 2.05. The van der Waals surface area contributed by atoms with Crippen molar-refractivity contribution < 1.29 is 23.9 Å². The molecule has 0 aliphatic heterocycles. The molecule has 194 valence electrons. The smallest absolute Gasteiger partial charge is 0.407 e. The number of hydrogen-bond donors (Lipinski definition) is 5. The molecular weight excluding hydrogens is 440 g/mol. The third-order valence-corrected chi connectivity index (χ3v) is 3.39. The number of aliphatic imine (C=N–C) groups is 1. The van der Waals surface area contributed by atoms with Gasteiger partial charge in [0.15, 0.2) is 5.96 Å². The van der Waals surface area contributed by atoms with Gasteiger partial charge in [0.1, 0.15) is 12.9 Å². The van der Waals surface area contributed by atoms with Crippen LogP contribution in [-0.4, -0.2) is 56.3 Å². The Morgan fingerprint density at radius 1 is 1.06 bits per heavy atom. The normalized spacial score (nSPS) is 9.44. The average Bonchev–Trinajstić information content (AvgIpc) is 2.87. The number of aldehydes is 1. The summed E-state index contributed by atoms with van der Waals surface area (Å²) in [6, 6.07) is 8.90. The standard InChI is InChI=1S/C12H16N2O3.C7H14N4O2.2C2H6/c1-2-13-11(15)8-14-12(16)17-9-10-6-4-3-5-7-10;8-7(9)10-3-1-2-6(4-12)11-5-13;2*1-2/h3-7H,2,8-9H2,1H3,(H,13,15)(H,14,16);4-6H,1-3H2,(H,11,13)(H4,8,9,10);2*1-2H3. The maximum atomic E-state index is 11.2. The number of hydrogen-bond acceptors (Lipinski definition) is 6. The molecule has 1 aromatic rings. The molecule has 0 aliphatic rings. The number of benzene rings is 1. The number of guanidine groups is 1. The maximum Gasteiger partial charge on any atom is 0.407 e. The number of likely N-dealkylation sites (N-methyl/N-ethyl adjacent to an activating group) is 1. The van der Waals surface area contributed by atoms with E-state index in [1.165, 1.54) is 0 Å². The molecule has 1 unspecified atom stereocenters. The molecule has 7 N–H and O–H groups in total. The van der Waals surface area contributed by atoms with Crippen LogP contribution in [-0.2, 0) is 25.7 Å². The van der Waals surface area contributed by atoms with Crippen molar-refractivity contribution in [2.45, 2.75) is 60.1 Å². The van der Waals surface area contributed by atoms with Crippen LogP contribution in [0.2, 0.25) is 0 Å². The molecule has 1 rings (SSSR count). The summed E-state index contributed by atoms with van der Waals surface area (Å²) in [5.41, 5.74) is 11.1. The molecule has 0 heterocycles. The summed E-state index contributed by atoms with van der Waals surface area (Å²) in [5, 5.41) is 7.29. The Hall–Kier alpha value is -3.63. The van der Waals surface area contributed by atoms with E-state index in [4.69, 9.17) is 16.2 Å². The molecule has 34 heavy (non-hydrogen) atoms. The largest absolute Gasteiger partial charge is 0.445 e. The van der Waals surface area contributed by atoms with Gasteiger partial charge in [0, 0.05) is 13.1 Å². The number of carbonyl (C=O) groups is 4. The lowest BCUT2D eigenvalue weighted by molar-refractivity contribution is -0.120. The second kappa shape index (κ2) is 27.4. The van der Waals surface area contributed by atoms with Gasteiger partial charge in [-0.3, -0.25) is 14.6 Å². The van der Waals surface area contributed by atoms with E-state index in [1.54, 1.807) is 0 Å². The van der Waals surface area contributed by atoms with Crippen molar-refractivity contribution in [1.29, 1.82) is 0 Å². The summed E-state index contributed by atoms with van der Waals surface area (Å²) in [6.45, 7) is 10.9. The number of nitrogens with zero attached hydrogens (tertiary/aromatic N) is 1. The van der Waals surface area contributed by atoms with Crippen LogP contribution in [0, 0.1) is 0 Å². The lowest BCUT2D eigenvalue weighted by Crippen LogP contribution is -2.36. The predicted octanol–water partition coefficient (Wildman–Crippen LogP) is 1.45. The van der Waals surface area contributed by atoms with Gasteiger partial charge in [-0.1, -0.05) is 58.0 Å². The van der Waals surface area contributed by atoms with E-state index < -0.39 is 12.1 Å². The minimum Gasteiger partial charge on any atom is -0.445 e. The van der Waals surface area contributed by atoms with E-state index in [2.05, 4.69) is 20.9 Å². The fourth-order valence-corrected chi connectivity index (χ4v) is 1.98. The Bertz CT molecular complexity index is 667. The summed E-state index contributed by atoms with van der Waals surface area (Å²) in [4.78, 5) is 46.3. The van der Waals surface area contributed by atoms with Crippen LogP contribution in [0.1, 0.15) is 53.0 Å². The molecule has 0 saturated heterocycles. The summed E-state index contributed by atoms with van der Waals surface area (Å²) < 4.78 is 4.93. The molecule has 1 aromatic carbocycles. The summed E-state index contributed by atoms with van der Waals surface area (Å²) in [5.74, 6) is -0.199. The highest BCUT2D eigenvalue weighted by atomic mass is 16.5. The van der Waals surface area contributed by atoms with E-state index in [9.17, 15) is 19.2 Å². The number of nitrogens with one attached hydrogen (secondary N) is 3. The SMILES string of the molecule is CC.CC.CCNC(=O)CNC(=O)OCc1ccccc1.NC(N)=NCCCC(C=O)NC=O. The Balaban J connectivity index is -0.000000507. The highest BCUT2D eigenvalue weighted by Crippen LogP contribution is 2.00. The third-order valence-electron chi connectivity index (χ3n) is 3.39. The maximum absolute atomic E-state index is 11.2. The zero-order valence-corrected chi connectivity index (χ0v) is 21.0. The second-order valence-corrected chi connectivity index (χ2v) is 5.84. The first-order valence-corrected chi connectivity index (χ1v) is 11.3. The van der Waals surface area contributed by atoms with Crippen LogP contribution in [0.15, 0.2) is 35.3 Å². The molecule has 0 bridgehead atoms. The minimum absolute atomic E-state index is 0.0333. The monoisotopic (exact) mass is 482 g/mol. The fourth-order valence-electron chi connectivity index (χ4n) is 1.98. The van der Waals surface area contributed by atoms with Crippen molar-refractivity contribution in [3.05, 3.63) is 35.9 Å². The van der Waals surface area contributed by atoms with Crippen LogP contribution in [0.5, 0.6) is 0 Å². The molecule has 11 nitrogen and oxygen atoms in total. The molecule has 0 fully saturated rings. The van der Waals surface area contributed by atoms with E-state index >= 15 is 0 Å². The molecule has 0 aromatic heterocycles. The van der Waals surface area contributed by atoms with Gasteiger partial charge in [0.2, 0.25) is 12.3 Å². The number of rotatable bonds is 12. The van der Waals surface area contributed by atoms with Gasteiger partial charge in [-0.25, -0.2) is 4.79 Å². The lowest BCUT2D eigenvalue weighted by atomic mass is 10.2. The Morgan fingerprint density at radius 3 is 2.18 bits per heavy atom. The molecule has 0 saturated carbocycles. The molecular formula is C23H42N6O5. The topological polar surface area (TPSA) is 178 Å². The lowest BCUT2D eigenvalue weighted by Gasteiger charge is -2.06. The number of amides is 3. The van der Waals surface area contributed by atoms with Crippen LogP contribution >= 0.6 is 0 Å². The van der Waals surface area contributed by atoms with Crippen molar-refractivity contribution in [2.75, 3.05) is 19.6 Å². The number of ether oxygens (including phenoxy) is 1. The summed E-state index contributed by atoms with van der Waals surface area (Å²) in [7, 11) is 0. The van der Waals surface area contributed by atoms with Gasteiger partial charge in [0.05, 0.1) is 12.6 Å². The van der Waals surface area contributed by atoms with Crippen LogP contribution in [0.3, 0.4) is 0 Å². The van der Waals surface area contributed by atoms with E-state index in [-0.39, 0.29) is 25.0 Å². The zero-order valence-electron chi connectivity index (χ0n) is 21.0. The van der Waals surface area contributed by atoms with Crippen molar-refractivity contribution in [1.82, 2.24) is 16.0 Å². The second-order valence-electron chi connectivity index (χ2n) is 5.84. The Morgan fingerprint density at radius 2 is 1.68 bits per heavy atom. The van der Waals surface area contributed by atoms with Crippen molar-refractivity contribution in [3.63, 3.8) is 0 Å². The molecule has 11 heteroatoms. The third kappa shape index (κ3) is 24.6. The quantitative estimate of drug-likeness (QED) is 0.129. The zero-order chi connectivity index (χ0) is 26.6. The first-order chi connectivity index (χ1) is 16.4. The van der Waals surface area contributed by atoms with Crippen LogP contribution in [0.4, 0.5) is 4.79 Å². The van der Waals surface area contributed by atoms with Crippen LogP contribution in [0.25, 0.3) is 0 Å². The highest BCUT2D eigenvalue weighted by molar-refractivity contribution is 5.82. The van der Waals surface area contributed by atoms with E-state index in [0.29, 0.717) is 38.6 Å². The number of alkyl carbamates (subject to hydrolysis) is 1. The van der Waals surface area contributed by atoms with Gasteiger partial charge in [-0.15, -0.1) is 0 Å². The van der Waals surface area contributed by atoms with Crippen molar-refractivity contribution >= 4 is 30.7 Å². The van der Waals surface area contributed by atoms with Crippen molar-refractivity contribution in [3.8, 4) is 0 Å². The van der Waals surface area contributed by atoms with Gasteiger partial charge in [0.25, 0.3) is 0 Å². The molecule has 3 amide bonds. The minimum atomic E-state index is -0.597. The molecule has 0 radical (unpaired) electrons. The Labute approximate surface area is 203 Å². The summed E-state index contributed by atoms with van der Waals surface area (Å²) in [6.07, 6.45) is 1.78. The van der Waals surface area contributed by atoms with Gasteiger partial charge in [-0.05, 0) is 25.3 Å². The van der Waals surface area contributed by atoms with Gasteiger partial charge >= 0.3 is 6.09 Å². The Kier molecular flexibility index (Phi) is 28.2. The van der Waals surface area contributed by atoms with Crippen molar-refractivity contribution in [2.24, 2.45) is 16.5 Å². The van der Waals surface area contributed by atoms with Gasteiger partial charge in [-0.2, -0.15) is 0 Å². The fraction of sp³-hybridized carbons (Fsp3) is 0.522. The van der Waals surface area contributed by atoms with E-state index in [1.807, 2.05) is 65.0 Å². The number of nitrogens with two attached hydrogens (primary N) is 2. The first kappa shape index (κ1) is 35.0. The predicted molar refractivity (Wildman–Crippen MR) is 135 cm³/mol. The van der Waals surface area contributed by atoms with Gasteiger partial charge < -0.3 is 36.9 Å². The molecule has 0 aliphatic carbocycles. The average molecular weight is 483 g/mol. The summed E-state index contributed by atoms with van der Waals surface area (Å²) >= 11 is 0. The number of carbonyl (C=O) groups excluding carboxylic acids is 4. The molecule has 1 atom stereocenters. The molecule has 0 spiro atoms. The van der Waals surface area contributed by atoms with Crippen LogP contribution < -0.4 is 27.4 Å². The van der Waals surface area contributed by atoms with E-state index in [0.717, 1.165) is 5.56 Å². The first-order valence-electron chi connectivity index (χ1n) is 11.3.